The minimum absolute atomic E-state index is 0.0382. The highest BCUT2D eigenvalue weighted by molar-refractivity contribution is 5.81. The molecule has 98 valence electrons. The highest BCUT2D eigenvalue weighted by atomic mass is 16.2. The van der Waals surface area contributed by atoms with Crippen molar-refractivity contribution >= 4 is 5.91 Å². The third-order valence-corrected chi connectivity index (χ3v) is 2.91. The summed E-state index contributed by atoms with van der Waals surface area (Å²) in [5.74, 6) is -0.398. The molecule has 3 nitrogen and oxygen atoms in total. The van der Waals surface area contributed by atoms with Crippen LogP contribution in [0.4, 0.5) is 0 Å². The Kier molecular flexibility index (Phi) is 9.52. The molecule has 0 aromatic heterocycles. The molecule has 3 heteroatoms. The first-order valence-corrected chi connectivity index (χ1v) is 6.89. The Morgan fingerprint density at radius 1 is 1.12 bits per heavy atom. The van der Waals surface area contributed by atoms with Gasteiger partial charge in [0.1, 0.15) is 5.92 Å². The maximum absolute atomic E-state index is 12.2. The molecular weight excluding hydrogens is 212 g/mol. The minimum atomic E-state index is -0.436. The Balaban J connectivity index is 4.42. The molecule has 0 bridgehead atoms. The molecule has 0 fully saturated rings. The zero-order chi connectivity index (χ0) is 13.1. The summed E-state index contributed by atoms with van der Waals surface area (Å²) in [4.78, 5) is 14.1. The van der Waals surface area contributed by atoms with Crippen LogP contribution in [0.5, 0.6) is 0 Å². The number of carbonyl (C=O) groups excluding carboxylic acids is 1. The number of carbonyl (C=O) groups is 1. The lowest BCUT2D eigenvalue weighted by molar-refractivity contribution is -0.134. The smallest absolute Gasteiger partial charge is 0.239 e. The number of rotatable bonds is 9. The second-order valence-electron chi connectivity index (χ2n) is 4.50. The van der Waals surface area contributed by atoms with Crippen molar-refractivity contribution in [3.8, 4) is 6.07 Å². The van der Waals surface area contributed by atoms with Gasteiger partial charge in [-0.25, -0.2) is 0 Å². The van der Waals surface area contributed by atoms with Crippen molar-refractivity contribution in [3.63, 3.8) is 0 Å². The van der Waals surface area contributed by atoms with Crippen molar-refractivity contribution < 1.29 is 4.79 Å². The van der Waals surface area contributed by atoms with Crippen LogP contribution in [0.2, 0.25) is 0 Å². The van der Waals surface area contributed by atoms with Crippen molar-refractivity contribution in [3.05, 3.63) is 0 Å². The molecule has 0 rings (SSSR count). The zero-order valence-corrected chi connectivity index (χ0v) is 11.5. The lowest BCUT2D eigenvalue weighted by Crippen LogP contribution is -2.37. The van der Waals surface area contributed by atoms with Crippen LogP contribution in [0.1, 0.15) is 59.3 Å². The lowest BCUT2D eigenvalue weighted by Gasteiger charge is -2.24. The van der Waals surface area contributed by atoms with Gasteiger partial charge in [-0.3, -0.25) is 4.79 Å². The van der Waals surface area contributed by atoms with Gasteiger partial charge in [-0.15, -0.1) is 0 Å². The lowest BCUT2D eigenvalue weighted by atomic mass is 10.0. The maximum atomic E-state index is 12.2. The van der Waals surface area contributed by atoms with E-state index in [1.165, 1.54) is 0 Å². The summed E-state index contributed by atoms with van der Waals surface area (Å²) in [5, 5.41) is 9.03. The van der Waals surface area contributed by atoms with Gasteiger partial charge in [0.05, 0.1) is 6.07 Å². The molecule has 1 atom stereocenters. The number of nitrogens with zero attached hydrogens (tertiary/aromatic N) is 2. The quantitative estimate of drug-likeness (QED) is 0.618. The molecule has 0 N–H and O–H groups in total. The fourth-order valence-corrected chi connectivity index (χ4v) is 1.78. The van der Waals surface area contributed by atoms with Crippen molar-refractivity contribution in [1.82, 2.24) is 4.90 Å². The van der Waals surface area contributed by atoms with E-state index in [2.05, 4.69) is 19.9 Å². The second kappa shape index (κ2) is 10.1. The van der Waals surface area contributed by atoms with E-state index < -0.39 is 5.92 Å². The van der Waals surface area contributed by atoms with E-state index in [1.54, 1.807) is 0 Å². The number of nitriles is 1. The van der Waals surface area contributed by atoms with E-state index in [4.69, 9.17) is 5.26 Å². The average Bonchev–Trinajstić information content (AvgIpc) is 2.35. The van der Waals surface area contributed by atoms with Crippen LogP contribution >= 0.6 is 0 Å². The Labute approximate surface area is 106 Å². The first kappa shape index (κ1) is 16.0. The molecular formula is C14H26N2O. The zero-order valence-electron chi connectivity index (χ0n) is 11.5. The van der Waals surface area contributed by atoms with Crippen LogP contribution < -0.4 is 0 Å². The van der Waals surface area contributed by atoms with Gasteiger partial charge >= 0.3 is 0 Å². The predicted molar refractivity (Wildman–Crippen MR) is 70.4 cm³/mol. The summed E-state index contributed by atoms with van der Waals surface area (Å²) in [6.45, 7) is 7.86. The van der Waals surface area contributed by atoms with Crippen molar-refractivity contribution in [2.75, 3.05) is 13.1 Å². The summed E-state index contributed by atoms with van der Waals surface area (Å²) < 4.78 is 0. The Morgan fingerprint density at radius 2 is 1.65 bits per heavy atom. The predicted octanol–water partition coefficient (Wildman–Crippen LogP) is 3.36. The van der Waals surface area contributed by atoms with Gasteiger partial charge in [0.25, 0.3) is 0 Å². The van der Waals surface area contributed by atoms with E-state index in [-0.39, 0.29) is 5.91 Å². The maximum Gasteiger partial charge on any atom is 0.239 e. The SMILES string of the molecule is CCCCN(CCCC)C(=O)C(C#N)CCC. The van der Waals surface area contributed by atoms with Gasteiger partial charge in [-0.05, 0) is 19.3 Å². The normalized spacial score (nSPS) is 11.9. The molecule has 1 unspecified atom stereocenters. The highest BCUT2D eigenvalue weighted by Gasteiger charge is 2.22. The summed E-state index contributed by atoms with van der Waals surface area (Å²) in [6.07, 6.45) is 5.80. The topological polar surface area (TPSA) is 44.1 Å². The number of unbranched alkanes of at least 4 members (excludes halogenated alkanes) is 2. The van der Waals surface area contributed by atoms with Crippen molar-refractivity contribution in [2.45, 2.75) is 59.3 Å². The summed E-state index contributed by atoms with van der Waals surface area (Å²) in [7, 11) is 0. The molecule has 0 aromatic rings. The van der Waals surface area contributed by atoms with E-state index in [0.717, 1.165) is 45.2 Å². The number of hydrogen-bond acceptors (Lipinski definition) is 2. The summed E-state index contributed by atoms with van der Waals surface area (Å²) in [5.41, 5.74) is 0. The summed E-state index contributed by atoms with van der Waals surface area (Å²) >= 11 is 0. The van der Waals surface area contributed by atoms with Crippen LogP contribution in [0.3, 0.4) is 0 Å². The van der Waals surface area contributed by atoms with Crippen molar-refractivity contribution in [1.29, 1.82) is 5.26 Å². The van der Waals surface area contributed by atoms with Gasteiger partial charge in [-0.2, -0.15) is 5.26 Å². The van der Waals surface area contributed by atoms with Gasteiger partial charge in [-0.1, -0.05) is 40.0 Å². The highest BCUT2D eigenvalue weighted by Crippen LogP contribution is 2.11. The van der Waals surface area contributed by atoms with Gasteiger partial charge in [0.15, 0.2) is 0 Å². The molecule has 0 saturated carbocycles. The first-order valence-electron chi connectivity index (χ1n) is 6.89. The number of amides is 1. The third-order valence-electron chi connectivity index (χ3n) is 2.91. The van der Waals surface area contributed by atoms with Gasteiger partial charge < -0.3 is 4.90 Å². The van der Waals surface area contributed by atoms with Gasteiger partial charge in [0.2, 0.25) is 5.91 Å². The van der Waals surface area contributed by atoms with Crippen LogP contribution in [-0.4, -0.2) is 23.9 Å². The minimum Gasteiger partial charge on any atom is -0.342 e. The van der Waals surface area contributed by atoms with Crippen LogP contribution in [0.25, 0.3) is 0 Å². The summed E-state index contributed by atoms with van der Waals surface area (Å²) in [6, 6.07) is 2.14. The average molecular weight is 238 g/mol. The second-order valence-corrected chi connectivity index (χ2v) is 4.50. The van der Waals surface area contributed by atoms with E-state index >= 15 is 0 Å². The molecule has 17 heavy (non-hydrogen) atoms. The van der Waals surface area contributed by atoms with E-state index in [1.807, 2.05) is 11.8 Å². The third kappa shape index (κ3) is 6.31. The Morgan fingerprint density at radius 3 is 2.00 bits per heavy atom. The standard InChI is InChI=1S/C14H26N2O/c1-4-7-10-16(11-8-5-2)14(17)13(12-15)9-6-3/h13H,4-11H2,1-3H3. The molecule has 0 aliphatic carbocycles. The van der Waals surface area contributed by atoms with E-state index in [0.29, 0.717) is 6.42 Å². The van der Waals surface area contributed by atoms with Crippen LogP contribution in [0.15, 0.2) is 0 Å². The molecule has 0 radical (unpaired) electrons. The Hall–Kier alpha value is -1.04. The van der Waals surface area contributed by atoms with Gasteiger partial charge in [0, 0.05) is 13.1 Å². The molecule has 0 aliphatic heterocycles. The molecule has 1 amide bonds. The molecule has 0 saturated heterocycles. The Bertz CT molecular complexity index is 237. The fourth-order valence-electron chi connectivity index (χ4n) is 1.78. The molecule has 0 aliphatic rings. The van der Waals surface area contributed by atoms with E-state index in [9.17, 15) is 4.79 Å². The molecule has 0 spiro atoms. The van der Waals surface area contributed by atoms with Crippen LogP contribution in [0, 0.1) is 17.2 Å². The molecule has 0 heterocycles. The first-order chi connectivity index (χ1) is 8.21. The largest absolute Gasteiger partial charge is 0.342 e. The number of hydrogen-bond donors (Lipinski definition) is 0. The fraction of sp³-hybridized carbons (Fsp3) is 0.857. The monoisotopic (exact) mass is 238 g/mol. The molecule has 0 aromatic carbocycles. The van der Waals surface area contributed by atoms with Crippen molar-refractivity contribution in [2.24, 2.45) is 5.92 Å². The van der Waals surface area contributed by atoms with Crippen LogP contribution in [-0.2, 0) is 4.79 Å².